The molecule has 28 heavy (non-hydrogen) atoms. The minimum Gasteiger partial charge on any atom is -0.383 e. The Morgan fingerprint density at radius 2 is 2.29 bits per heavy atom. The lowest BCUT2D eigenvalue weighted by atomic mass is 10.1. The predicted molar refractivity (Wildman–Crippen MR) is 108 cm³/mol. The largest absolute Gasteiger partial charge is 0.383 e. The average molecular weight is 394 g/mol. The molecule has 142 valence electrons. The molecular formula is C18H18N8OS. The third-order valence-corrected chi connectivity index (χ3v) is 4.70. The van der Waals surface area contributed by atoms with Gasteiger partial charge in [0.05, 0.1) is 6.21 Å². The quantitative estimate of drug-likeness (QED) is 0.365. The summed E-state index contributed by atoms with van der Waals surface area (Å²) < 4.78 is 7.40. The van der Waals surface area contributed by atoms with Gasteiger partial charge in [0.2, 0.25) is 16.8 Å². The maximum atomic E-state index is 5.59. The molecule has 0 saturated carbocycles. The Balaban J connectivity index is 1.46. The van der Waals surface area contributed by atoms with Crippen molar-refractivity contribution in [1.29, 1.82) is 0 Å². The Labute approximate surface area is 165 Å². The van der Waals surface area contributed by atoms with Gasteiger partial charge >= 0.3 is 0 Å². The van der Waals surface area contributed by atoms with E-state index in [1.807, 2.05) is 35.0 Å². The third kappa shape index (κ3) is 4.07. The number of hydrazone groups is 1. The van der Waals surface area contributed by atoms with Gasteiger partial charge in [-0.25, -0.2) is 9.97 Å². The van der Waals surface area contributed by atoms with Gasteiger partial charge in [-0.05, 0) is 11.6 Å². The second-order valence-corrected chi connectivity index (χ2v) is 6.77. The molecule has 0 spiro atoms. The molecular weight excluding hydrogens is 376 g/mol. The highest BCUT2D eigenvalue weighted by atomic mass is 32.1. The molecule has 3 heterocycles. The summed E-state index contributed by atoms with van der Waals surface area (Å²) in [4.78, 5) is 12.9. The van der Waals surface area contributed by atoms with E-state index in [1.54, 1.807) is 17.8 Å². The second-order valence-electron chi connectivity index (χ2n) is 5.91. The van der Waals surface area contributed by atoms with Crippen molar-refractivity contribution < 1.29 is 4.52 Å². The first-order valence-electron chi connectivity index (χ1n) is 8.64. The van der Waals surface area contributed by atoms with Gasteiger partial charge in [0, 0.05) is 29.8 Å². The molecule has 0 amide bonds. The number of hydrogen-bond acceptors (Lipinski definition) is 9. The molecule has 4 rings (SSSR count). The van der Waals surface area contributed by atoms with Crippen LogP contribution in [0.25, 0.3) is 11.4 Å². The van der Waals surface area contributed by atoms with E-state index in [0.717, 1.165) is 23.4 Å². The van der Waals surface area contributed by atoms with Crippen molar-refractivity contribution in [1.82, 2.24) is 24.7 Å². The lowest BCUT2D eigenvalue weighted by molar-refractivity contribution is 0.370. The summed E-state index contributed by atoms with van der Waals surface area (Å²) in [6, 6.07) is 7.71. The molecule has 0 saturated heterocycles. The standard InChI is InChI=1S/C18H18N8OS/c1-2-15-20-6-7-26(15)10-16-23-17(25-27-16)13-5-3-4-12(8-13)9-21-24-18-22-14(19)11-28-18/h3-9,11H,2,10,19H2,1H3,(H,22,24). The topological polar surface area (TPSA) is 120 Å². The van der Waals surface area contributed by atoms with Crippen molar-refractivity contribution in [2.45, 2.75) is 19.9 Å². The molecule has 0 radical (unpaired) electrons. The number of anilines is 2. The fourth-order valence-corrected chi connectivity index (χ4v) is 3.19. The molecule has 0 bridgehead atoms. The minimum absolute atomic E-state index is 0.472. The first kappa shape index (κ1) is 17.9. The van der Waals surface area contributed by atoms with Crippen LogP contribution in [0.5, 0.6) is 0 Å². The van der Waals surface area contributed by atoms with E-state index in [9.17, 15) is 0 Å². The highest BCUT2D eigenvalue weighted by Crippen LogP contribution is 2.18. The van der Waals surface area contributed by atoms with Crippen LogP contribution >= 0.6 is 11.3 Å². The number of thiazole rings is 1. The van der Waals surface area contributed by atoms with Crippen LogP contribution < -0.4 is 11.2 Å². The van der Waals surface area contributed by atoms with Crippen LogP contribution in [0.1, 0.15) is 24.2 Å². The number of nitrogen functional groups attached to an aromatic ring is 1. The molecule has 0 unspecified atom stereocenters. The lowest BCUT2D eigenvalue weighted by Gasteiger charge is -2.01. The normalized spacial score (nSPS) is 11.3. The number of hydrogen-bond donors (Lipinski definition) is 2. The van der Waals surface area contributed by atoms with Crippen molar-refractivity contribution in [3.05, 3.63) is 59.3 Å². The number of nitrogens with two attached hydrogens (primary N) is 1. The molecule has 0 aliphatic rings. The number of rotatable bonds is 7. The number of aryl methyl sites for hydroxylation is 1. The average Bonchev–Trinajstić information content (AvgIpc) is 3.44. The van der Waals surface area contributed by atoms with E-state index in [-0.39, 0.29) is 0 Å². The molecule has 3 N–H and O–H groups in total. The zero-order valence-corrected chi connectivity index (χ0v) is 15.9. The van der Waals surface area contributed by atoms with Gasteiger partial charge in [0.25, 0.3) is 0 Å². The maximum absolute atomic E-state index is 5.59. The molecule has 3 aromatic heterocycles. The SMILES string of the molecule is CCc1nccn1Cc1nc(-c2cccc(C=NNc3nc(N)cs3)c2)no1. The molecule has 9 nitrogen and oxygen atoms in total. The molecule has 4 aromatic rings. The van der Waals surface area contributed by atoms with Crippen molar-refractivity contribution in [3.8, 4) is 11.4 Å². The Morgan fingerprint density at radius 1 is 1.36 bits per heavy atom. The van der Waals surface area contributed by atoms with E-state index in [1.165, 1.54) is 11.3 Å². The van der Waals surface area contributed by atoms with Crippen LogP contribution in [0.3, 0.4) is 0 Å². The summed E-state index contributed by atoms with van der Waals surface area (Å²) in [5.74, 6) is 2.51. The molecule has 0 atom stereocenters. The van der Waals surface area contributed by atoms with Crippen LogP contribution in [0.15, 0.2) is 51.7 Å². The first-order chi connectivity index (χ1) is 13.7. The van der Waals surface area contributed by atoms with Crippen molar-refractivity contribution in [3.63, 3.8) is 0 Å². The van der Waals surface area contributed by atoms with Crippen LogP contribution in [0.4, 0.5) is 10.9 Å². The van der Waals surface area contributed by atoms with E-state index < -0.39 is 0 Å². The zero-order valence-electron chi connectivity index (χ0n) is 15.1. The van der Waals surface area contributed by atoms with Gasteiger partial charge in [-0.2, -0.15) is 10.1 Å². The van der Waals surface area contributed by atoms with Crippen molar-refractivity contribution in [2.75, 3.05) is 11.2 Å². The van der Waals surface area contributed by atoms with Gasteiger partial charge in [0.1, 0.15) is 18.2 Å². The zero-order chi connectivity index (χ0) is 19.3. The van der Waals surface area contributed by atoms with E-state index in [4.69, 9.17) is 10.3 Å². The number of imidazole rings is 1. The number of nitrogens with zero attached hydrogens (tertiary/aromatic N) is 6. The van der Waals surface area contributed by atoms with Crippen LogP contribution in [0, 0.1) is 0 Å². The molecule has 0 aliphatic carbocycles. The van der Waals surface area contributed by atoms with Gasteiger partial charge in [-0.1, -0.05) is 30.3 Å². The van der Waals surface area contributed by atoms with Gasteiger partial charge < -0.3 is 14.8 Å². The Hall–Kier alpha value is -3.53. The second kappa shape index (κ2) is 8.01. The third-order valence-electron chi connectivity index (χ3n) is 3.93. The van der Waals surface area contributed by atoms with Gasteiger partial charge in [-0.15, -0.1) is 11.3 Å². The van der Waals surface area contributed by atoms with Crippen LogP contribution in [-0.2, 0) is 13.0 Å². The Bertz CT molecular complexity index is 1100. The summed E-state index contributed by atoms with van der Waals surface area (Å²) in [6.45, 7) is 2.56. The molecule has 0 fully saturated rings. The summed E-state index contributed by atoms with van der Waals surface area (Å²) in [5, 5.41) is 10.7. The van der Waals surface area contributed by atoms with E-state index in [2.05, 4.69) is 37.6 Å². The summed E-state index contributed by atoms with van der Waals surface area (Å²) in [5.41, 5.74) is 10.2. The summed E-state index contributed by atoms with van der Waals surface area (Å²) in [7, 11) is 0. The smallest absolute Gasteiger partial charge is 0.246 e. The molecule has 1 aromatic carbocycles. The highest BCUT2D eigenvalue weighted by molar-refractivity contribution is 7.14. The minimum atomic E-state index is 0.472. The maximum Gasteiger partial charge on any atom is 0.246 e. The molecule has 10 heteroatoms. The van der Waals surface area contributed by atoms with Crippen LogP contribution in [0.2, 0.25) is 0 Å². The van der Waals surface area contributed by atoms with Gasteiger partial charge in [0.15, 0.2) is 0 Å². The lowest BCUT2D eigenvalue weighted by Crippen LogP contribution is -2.03. The Morgan fingerprint density at radius 3 is 3.11 bits per heavy atom. The van der Waals surface area contributed by atoms with E-state index >= 15 is 0 Å². The number of aromatic nitrogens is 5. The monoisotopic (exact) mass is 394 g/mol. The summed E-state index contributed by atoms with van der Waals surface area (Å²) in [6.07, 6.45) is 6.22. The Kier molecular flexibility index (Phi) is 5.11. The van der Waals surface area contributed by atoms with Gasteiger partial charge in [-0.3, -0.25) is 5.43 Å². The van der Waals surface area contributed by atoms with E-state index in [0.29, 0.717) is 29.2 Å². The van der Waals surface area contributed by atoms with Crippen molar-refractivity contribution >= 4 is 28.5 Å². The first-order valence-corrected chi connectivity index (χ1v) is 9.52. The summed E-state index contributed by atoms with van der Waals surface area (Å²) >= 11 is 1.39. The fourth-order valence-electron chi connectivity index (χ4n) is 2.64. The predicted octanol–water partition coefficient (Wildman–Crippen LogP) is 3.03. The van der Waals surface area contributed by atoms with Crippen molar-refractivity contribution in [2.24, 2.45) is 5.10 Å². The number of nitrogens with one attached hydrogen (secondary N) is 1. The van der Waals surface area contributed by atoms with Crippen LogP contribution in [-0.4, -0.2) is 30.9 Å². The molecule has 0 aliphatic heterocycles. The highest BCUT2D eigenvalue weighted by Gasteiger charge is 2.11. The fraction of sp³-hybridized carbons (Fsp3) is 0.167. The number of benzene rings is 1.